The van der Waals surface area contributed by atoms with Crippen molar-refractivity contribution in [3.05, 3.63) is 117 Å². The minimum Gasteiger partial charge on any atom is -0.493 e. The van der Waals surface area contributed by atoms with E-state index in [-0.39, 0.29) is 35.6 Å². The molecular formula is C40H45Cl2N3O6S. The number of ether oxygens (including phenoxy) is 2. The van der Waals surface area contributed by atoms with Crippen LogP contribution in [0.3, 0.4) is 0 Å². The van der Waals surface area contributed by atoms with Gasteiger partial charge < -0.3 is 19.7 Å². The molecule has 52 heavy (non-hydrogen) atoms. The number of benzene rings is 4. The molecular weight excluding hydrogens is 721 g/mol. The summed E-state index contributed by atoms with van der Waals surface area (Å²) in [7, 11) is -1.49. The molecule has 1 atom stereocenters. The quantitative estimate of drug-likeness (QED) is 0.140. The Morgan fingerprint density at radius 1 is 0.808 bits per heavy atom. The van der Waals surface area contributed by atoms with Gasteiger partial charge in [-0.3, -0.25) is 13.9 Å². The number of anilines is 1. The van der Waals surface area contributed by atoms with Gasteiger partial charge in [0.2, 0.25) is 11.8 Å². The Hall–Kier alpha value is -4.25. The molecule has 1 saturated carbocycles. The molecule has 12 heteroatoms. The molecule has 1 unspecified atom stereocenters. The number of aryl methyl sites for hydroxylation is 2. The monoisotopic (exact) mass is 765 g/mol. The summed E-state index contributed by atoms with van der Waals surface area (Å²) < 4.78 is 41.1. The van der Waals surface area contributed by atoms with Gasteiger partial charge in [-0.05, 0) is 85.3 Å². The molecule has 9 nitrogen and oxygen atoms in total. The van der Waals surface area contributed by atoms with E-state index in [0.29, 0.717) is 27.0 Å². The molecule has 1 aliphatic carbocycles. The van der Waals surface area contributed by atoms with Gasteiger partial charge in [-0.2, -0.15) is 0 Å². The minimum atomic E-state index is -4.38. The van der Waals surface area contributed by atoms with Crippen LogP contribution in [0.15, 0.2) is 89.8 Å². The van der Waals surface area contributed by atoms with Crippen LogP contribution in [0, 0.1) is 13.8 Å². The molecule has 1 N–H and O–H groups in total. The van der Waals surface area contributed by atoms with E-state index in [9.17, 15) is 18.0 Å². The molecule has 0 saturated heterocycles. The van der Waals surface area contributed by atoms with Crippen molar-refractivity contribution >= 4 is 50.7 Å². The van der Waals surface area contributed by atoms with E-state index < -0.39 is 28.5 Å². The fourth-order valence-corrected chi connectivity index (χ4v) is 8.40. The van der Waals surface area contributed by atoms with E-state index in [1.165, 1.54) is 37.3 Å². The standard InChI is InChI=1S/C40H45Cl2N3O6S/c1-27-19-28(2)21-32(20-27)45(52(48,49)33-16-18-37(50-3)38(24-33)51-4)26-39(46)44(25-30-15-17-34(41)35(42)22-30)36(23-29-11-7-5-8-12-29)40(47)43-31-13-9-6-10-14-31/h5,7-8,11-12,15-22,24,31,36H,6,9-10,13-14,23,25-26H2,1-4H3,(H,43,47). The van der Waals surface area contributed by atoms with Gasteiger partial charge in [-0.25, -0.2) is 8.42 Å². The predicted octanol–water partition coefficient (Wildman–Crippen LogP) is 7.91. The van der Waals surface area contributed by atoms with Gasteiger partial charge in [0.05, 0.1) is 34.8 Å². The van der Waals surface area contributed by atoms with Gasteiger partial charge >= 0.3 is 0 Å². The number of rotatable bonds is 14. The van der Waals surface area contributed by atoms with Crippen molar-refractivity contribution in [2.45, 2.75) is 75.9 Å². The van der Waals surface area contributed by atoms with Crippen LogP contribution in [0.25, 0.3) is 0 Å². The summed E-state index contributed by atoms with van der Waals surface area (Å²) in [5.74, 6) is -0.297. The van der Waals surface area contributed by atoms with E-state index in [4.69, 9.17) is 32.7 Å². The first-order chi connectivity index (χ1) is 24.9. The highest BCUT2D eigenvalue weighted by Crippen LogP contribution is 2.33. The third-order valence-electron chi connectivity index (χ3n) is 9.28. The zero-order chi connectivity index (χ0) is 37.4. The molecule has 276 valence electrons. The van der Waals surface area contributed by atoms with Crippen LogP contribution in [-0.4, -0.2) is 58.0 Å². The van der Waals surface area contributed by atoms with Crippen LogP contribution in [0.2, 0.25) is 10.0 Å². The zero-order valence-corrected chi connectivity index (χ0v) is 32.2. The summed E-state index contributed by atoms with van der Waals surface area (Å²) in [6, 6.07) is 23.2. The van der Waals surface area contributed by atoms with Crippen LogP contribution in [0.5, 0.6) is 11.5 Å². The van der Waals surface area contributed by atoms with E-state index in [0.717, 1.165) is 53.1 Å². The van der Waals surface area contributed by atoms with Gasteiger partial charge in [0.1, 0.15) is 12.6 Å². The number of nitrogens with zero attached hydrogens (tertiary/aromatic N) is 2. The molecule has 0 bridgehead atoms. The molecule has 0 radical (unpaired) electrons. The Morgan fingerprint density at radius 2 is 1.48 bits per heavy atom. The van der Waals surface area contributed by atoms with Gasteiger partial charge in [-0.15, -0.1) is 0 Å². The summed E-state index contributed by atoms with van der Waals surface area (Å²) in [5.41, 5.74) is 3.42. The second-order valence-electron chi connectivity index (χ2n) is 13.2. The Morgan fingerprint density at radius 3 is 2.12 bits per heavy atom. The lowest BCUT2D eigenvalue weighted by Crippen LogP contribution is -2.55. The number of carbonyl (C=O) groups is 2. The topological polar surface area (TPSA) is 105 Å². The number of methoxy groups -OCH3 is 2. The lowest BCUT2D eigenvalue weighted by Gasteiger charge is -2.35. The molecule has 4 aromatic rings. The first kappa shape index (κ1) is 39.0. The molecule has 1 fully saturated rings. The molecule has 5 rings (SSSR count). The highest BCUT2D eigenvalue weighted by Gasteiger charge is 2.36. The van der Waals surface area contributed by atoms with Crippen LogP contribution >= 0.6 is 23.2 Å². The number of hydrogen-bond donors (Lipinski definition) is 1. The van der Waals surface area contributed by atoms with Gasteiger partial charge in [-0.1, -0.05) is 84.9 Å². The summed E-state index contributed by atoms with van der Waals surface area (Å²) >= 11 is 12.7. The molecule has 2 amide bonds. The smallest absolute Gasteiger partial charge is 0.264 e. The normalized spacial score (nSPS) is 14.0. The highest BCUT2D eigenvalue weighted by molar-refractivity contribution is 7.92. The lowest BCUT2D eigenvalue weighted by molar-refractivity contribution is -0.140. The SMILES string of the molecule is COc1ccc(S(=O)(=O)N(CC(=O)N(Cc2ccc(Cl)c(Cl)c2)C(Cc2ccccc2)C(=O)NC2CCCCC2)c2cc(C)cc(C)c2)cc1OC. The van der Waals surface area contributed by atoms with Crippen LogP contribution in [0.4, 0.5) is 5.69 Å². The Labute approximate surface area is 316 Å². The maximum absolute atomic E-state index is 14.9. The Kier molecular flexibility index (Phi) is 13.1. The van der Waals surface area contributed by atoms with Crippen molar-refractivity contribution in [3.63, 3.8) is 0 Å². The molecule has 0 spiro atoms. The number of halogens is 2. The van der Waals surface area contributed by atoms with E-state index in [1.54, 1.807) is 30.3 Å². The van der Waals surface area contributed by atoms with Crippen molar-refractivity contribution in [2.75, 3.05) is 25.1 Å². The van der Waals surface area contributed by atoms with Gasteiger partial charge in [0.25, 0.3) is 10.0 Å². The number of nitrogens with one attached hydrogen (secondary N) is 1. The molecule has 0 aliphatic heterocycles. The summed E-state index contributed by atoms with van der Waals surface area (Å²) in [4.78, 5) is 30.6. The predicted molar refractivity (Wildman–Crippen MR) is 206 cm³/mol. The maximum Gasteiger partial charge on any atom is 0.264 e. The van der Waals surface area contributed by atoms with Crippen molar-refractivity contribution < 1.29 is 27.5 Å². The van der Waals surface area contributed by atoms with Gasteiger partial charge in [0, 0.05) is 25.1 Å². The third-order valence-corrected chi connectivity index (χ3v) is 11.8. The van der Waals surface area contributed by atoms with Crippen LogP contribution in [0.1, 0.15) is 54.4 Å². The number of amides is 2. The molecule has 1 aliphatic rings. The fraction of sp³-hybridized carbons (Fsp3) is 0.350. The van der Waals surface area contributed by atoms with E-state index in [2.05, 4.69) is 5.32 Å². The van der Waals surface area contributed by atoms with Crippen molar-refractivity contribution in [2.24, 2.45) is 0 Å². The Balaban J connectivity index is 1.61. The maximum atomic E-state index is 14.9. The van der Waals surface area contributed by atoms with Crippen molar-refractivity contribution in [1.82, 2.24) is 10.2 Å². The first-order valence-electron chi connectivity index (χ1n) is 17.3. The van der Waals surface area contributed by atoms with Gasteiger partial charge in [0.15, 0.2) is 11.5 Å². The van der Waals surface area contributed by atoms with Crippen LogP contribution in [-0.2, 0) is 32.6 Å². The van der Waals surface area contributed by atoms with E-state index >= 15 is 0 Å². The molecule has 0 heterocycles. The second-order valence-corrected chi connectivity index (χ2v) is 15.9. The number of hydrogen-bond acceptors (Lipinski definition) is 6. The van der Waals surface area contributed by atoms with Crippen LogP contribution < -0.4 is 19.1 Å². The third kappa shape index (κ3) is 9.59. The second kappa shape index (κ2) is 17.5. The fourth-order valence-electron chi connectivity index (χ4n) is 6.66. The summed E-state index contributed by atoms with van der Waals surface area (Å²) in [5, 5.41) is 3.87. The lowest BCUT2D eigenvalue weighted by atomic mass is 9.94. The molecule has 4 aromatic carbocycles. The number of carbonyl (C=O) groups excluding carboxylic acids is 2. The van der Waals surface area contributed by atoms with Crippen molar-refractivity contribution in [1.29, 1.82) is 0 Å². The number of sulfonamides is 1. The van der Waals surface area contributed by atoms with Crippen molar-refractivity contribution in [3.8, 4) is 11.5 Å². The highest BCUT2D eigenvalue weighted by atomic mass is 35.5. The minimum absolute atomic E-state index is 0.0151. The first-order valence-corrected chi connectivity index (χ1v) is 19.5. The Bertz CT molecular complexity index is 1970. The largest absolute Gasteiger partial charge is 0.493 e. The average molecular weight is 767 g/mol. The summed E-state index contributed by atoms with van der Waals surface area (Å²) in [6.07, 6.45) is 5.06. The zero-order valence-electron chi connectivity index (χ0n) is 29.9. The molecule has 0 aromatic heterocycles. The average Bonchev–Trinajstić information content (AvgIpc) is 3.13. The van der Waals surface area contributed by atoms with E-state index in [1.807, 2.05) is 50.2 Å². The summed E-state index contributed by atoms with van der Waals surface area (Å²) in [6.45, 7) is 3.11.